The van der Waals surface area contributed by atoms with Crippen molar-refractivity contribution in [3.05, 3.63) is 34.9 Å². The zero-order chi connectivity index (χ0) is 14.4. The summed E-state index contributed by atoms with van der Waals surface area (Å²) in [5.41, 5.74) is 0.355. The van der Waals surface area contributed by atoms with Crippen molar-refractivity contribution in [3.63, 3.8) is 0 Å². The van der Waals surface area contributed by atoms with Crippen LogP contribution >= 0.6 is 11.6 Å². The van der Waals surface area contributed by atoms with E-state index in [1.54, 1.807) is 19.1 Å². The Morgan fingerprint density at radius 1 is 1.21 bits per heavy atom. The van der Waals surface area contributed by atoms with Crippen LogP contribution in [0.5, 0.6) is 0 Å². The van der Waals surface area contributed by atoms with Gasteiger partial charge in [-0.15, -0.1) is 0 Å². The Bertz CT molecular complexity index is 479. The lowest BCUT2D eigenvalue weighted by molar-refractivity contribution is -0.145. The number of halogens is 1. The van der Waals surface area contributed by atoms with E-state index in [0.717, 1.165) is 0 Å². The molecule has 0 aliphatic heterocycles. The maximum absolute atomic E-state index is 12.2. The highest BCUT2D eigenvalue weighted by atomic mass is 35.5. The van der Waals surface area contributed by atoms with Gasteiger partial charge >= 0.3 is 5.97 Å². The number of ketones is 2. The first-order valence-electron chi connectivity index (χ1n) is 5.91. The number of carbonyl (C=O) groups is 3. The summed E-state index contributed by atoms with van der Waals surface area (Å²) in [6.45, 7) is 3.18. The largest absolute Gasteiger partial charge is 0.466 e. The number of esters is 1. The highest BCUT2D eigenvalue weighted by Gasteiger charge is 2.27. The highest BCUT2D eigenvalue weighted by molar-refractivity contribution is 6.30. The molecular weight excluding hydrogens is 268 g/mol. The molecule has 1 aromatic carbocycles. The summed E-state index contributed by atoms with van der Waals surface area (Å²) < 4.78 is 4.76. The molecule has 0 saturated heterocycles. The Morgan fingerprint density at radius 2 is 1.79 bits per heavy atom. The minimum Gasteiger partial charge on any atom is -0.466 e. The van der Waals surface area contributed by atoms with Crippen LogP contribution < -0.4 is 0 Å². The maximum Gasteiger partial charge on any atom is 0.306 e. The van der Waals surface area contributed by atoms with E-state index >= 15 is 0 Å². The van der Waals surface area contributed by atoms with E-state index in [4.69, 9.17) is 16.3 Å². The van der Waals surface area contributed by atoms with E-state index in [1.807, 2.05) is 0 Å². The van der Waals surface area contributed by atoms with Gasteiger partial charge < -0.3 is 4.74 Å². The summed E-state index contributed by atoms with van der Waals surface area (Å²) in [5, 5.41) is 0.501. The summed E-state index contributed by atoms with van der Waals surface area (Å²) in [4.78, 5) is 35.1. The average Bonchev–Trinajstić information content (AvgIpc) is 2.36. The predicted octanol–water partition coefficient (Wildman–Crippen LogP) is 2.68. The molecule has 1 atom stereocenters. The molecule has 4 nitrogen and oxygen atoms in total. The van der Waals surface area contributed by atoms with Gasteiger partial charge in [0, 0.05) is 10.6 Å². The fourth-order valence-corrected chi connectivity index (χ4v) is 1.75. The smallest absolute Gasteiger partial charge is 0.306 e. The molecule has 0 spiro atoms. The third kappa shape index (κ3) is 4.48. The van der Waals surface area contributed by atoms with E-state index < -0.39 is 17.7 Å². The highest BCUT2D eigenvalue weighted by Crippen LogP contribution is 2.17. The van der Waals surface area contributed by atoms with Gasteiger partial charge in [-0.25, -0.2) is 0 Å². The van der Waals surface area contributed by atoms with Crippen molar-refractivity contribution in [2.45, 2.75) is 20.3 Å². The number of carbonyl (C=O) groups excluding carboxylic acids is 3. The topological polar surface area (TPSA) is 60.4 Å². The molecule has 0 aliphatic rings. The molecule has 0 bridgehead atoms. The number of hydrogen-bond acceptors (Lipinski definition) is 4. The molecule has 0 aromatic heterocycles. The first-order chi connectivity index (χ1) is 8.95. The lowest BCUT2D eigenvalue weighted by Gasteiger charge is -2.12. The van der Waals surface area contributed by atoms with Crippen molar-refractivity contribution >= 4 is 29.1 Å². The van der Waals surface area contributed by atoms with Crippen LogP contribution in [-0.2, 0) is 14.3 Å². The van der Waals surface area contributed by atoms with E-state index in [9.17, 15) is 14.4 Å². The lowest BCUT2D eigenvalue weighted by Crippen LogP contribution is -2.26. The summed E-state index contributed by atoms with van der Waals surface area (Å²) in [6.07, 6.45) is -0.232. The second kappa shape index (κ2) is 7.04. The van der Waals surface area contributed by atoms with Crippen molar-refractivity contribution < 1.29 is 19.1 Å². The normalized spacial score (nSPS) is 11.7. The molecule has 1 rings (SSSR count). The lowest BCUT2D eigenvalue weighted by atomic mass is 9.91. The van der Waals surface area contributed by atoms with Crippen LogP contribution in [0.2, 0.25) is 5.02 Å². The minimum atomic E-state index is -1.000. The number of rotatable bonds is 6. The fourth-order valence-electron chi connectivity index (χ4n) is 1.62. The van der Waals surface area contributed by atoms with Crippen LogP contribution in [-0.4, -0.2) is 24.1 Å². The molecule has 1 unspecified atom stereocenters. The van der Waals surface area contributed by atoms with Gasteiger partial charge in [-0.05, 0) is 38.1 Å². The van der Waals surface area contributed by atoms with E-state index in [0.29, 0.717) is 10.6 Å². The predicted molar refractivity (Wildman–Crippen MR) is 71.2 cm³/mol. The number of hydrogen-bond donors (Lipinski definition) is 0. The zero-order valence-corrected chi connectivity index (χ0v) is 11.6. The van der Waals surface area contributed by atoms with Gasteiger partial charge in [0.25, 0.3) is 0 Å². The Labute approximate surface area is 116 Å². The molecule has 0 N–H and O–H groups in total. The van der Waals surface area contributed by atoms with Gasteiger partial charge in [-0.3, -0.25) is 14.4 Å². The Hall–Kier alpha value is -1.68. The van der Waals surface area contributed by atoms with Gasteiger partial charge in [0.05, 0.1) is 18.9 Å². The van der Waals surface area contributed by atoms with Crippen molar-refractivity contribution in [2.75, 3.05) is 6.61 Å². The van der Waals surface area contributed by atoms with Gasteiger partial charge in [0.15, 0.2) is 5.78 Å². The standard InChI is InChI=1S/C14H15ClO4/c1-3-19-13(17)8-12(9(2)16)14(18)10-4-6-11(15)7-5-10/h4-7,12H,3,8H2,1-2H3. The van der Waals surface area contributed by atoms with Gasteiger partial charge in [-0.2, -0.15) is 0 Å². The molecule has 0 heterocycles. The first kappa shape index (κ1) is 15.4. The van der Waals surface area contributed by atoms with Crippen molar-refractivity contribution in [1.82, 2.24) is 0 Å². The molecule has 0 aliphatic carbocycles. The van der Waals surface area contributed by atoms with E-state index in [-0.39, 0.29) is 18.8 Å². The fraction of sp³-hybridized carbons (Fsp3) is 0.357. The van der Waals surface area contributed by atoms with Crippen LogP contribution in [0.3, 0.4) is 0 Å². The summed E-state index contributed by atoms with van der Waals surface area (Å²) in [6, 6.07) is 6.20. The third-order valence-electron chi connectivity index (χ3n) is 2.61. The molecule has 19 heavy (non-hydrogen) atoms. The maximum atomic E-state index is 12.2. The van der Waals surface area contributed by atoms with Crippen LogP contribution in [0.25, 0.3) is 0 Å². The van der Waals surface area contributed by atoms with Gasteiger partial charge in [0.2, 0.25) is 0 Å². The number of benzene rings is 1. The monoisotopic (exact) mass is 282 g/mol. The van der Waals surface area contributed by atoms with Crippen LogP contribution in [0.1, 0.15) is 30.6 Å². The number of ether oxygens (including phenoxy) is 1. The first-order valence-corrected chi connectivity index (χ1v) is 6.29. The summed E-state index contributed by atoms with van der Waals surface area (Å²) in [5.74, 6) is -2.30. The molecule has 0 saturated carbocycles. The van der Waals surface area contributed by atoms with Gasteiger partial charge in [-0.1, -0.05) is 11.6 Å². The number of Topliss-reactive ketones (excluding diaryl/α,β-unsaturated/α-hetero) is 2. The third-order valence-corrected chi connectivity index (χ3v) is 2.86. The Kier molecular flexibility index (Phi) is 5.70. The zero-order valence-electron chi connectivity index (χ0n) is 10.8. The van der Waals surface area contributed by atoms with Crippen molar-refractivity contribution in [2.24, 2.45) is 5.92 Å². The molecule has 0 fully saturated rings. The molecule has 0 amide bonds. The molecule has 5 heteroatoms. The van der Waals surface area contributed by atoms with Crippen LogP contribution in [0, 0.1) is 5.92 Å². The van der Waals surface area contributed by atoms with Gasteiger partial charge in [0.1, 0.15) is 5.78 Å². The summed E-state index contributed by atoms with van der Waals surface area (Å²) >= 11 is 5.73. The van der Waals surface area contributed by atoms with Crippen LogP contribution in [0.15, 0.2) is 24.3 Å². The minimum absolute atomic E-state index is 0.221. The average molecular weight is 283 g/mol. The van der Waals surface area contributed by atoms with Crippen LogP contribution in [0.4, 0.5) is 0 Å². The van der Waals surface area contributed by atoms with E-state index in [1.165, 1.54) is 19.1 Å². The summed E-state index contributed by atoms with van der Waals surface area (Å²) in [7, 11) is 0. The molecule has 102 valence electrons. The molecule has 1 aromatic rings. The van der Waals surface area contributed by atoms with Crippen molar-refractivity contribution in [3.8, 4) is 0 Å². The second-order valence-electron chi connectivity index (χ2n) is 4.04. The molecule has 0 radical (unpaired) electrons. The quantitative estimate of drug-likeness (QED) is 0.457. The molecular formula is C14H15ClO4. The van der Waals surface area contributed by atoms with E-state index in [2.05, 4.69) is 0 Å². The van der Waals surface area contributed by atoms with Crippen molar-refractivity contribution in [1.29, 1.82) is 0 Å². The second-order valence-corrected chi connectivity index (χ2v) is 4.48. The Balaban J connectivity index is 2.87. The Morgan fingerprint density at radius 3 is 2.26 bits per heavy atom. The SMILES string of the molecule is CCOC(=O)CC(C(C)=O)C(=O)c1ccc(Cl)cc1.